The minimum atomic E-state index is 0.648. The summed E-state index contributed by atoms with van der Waals surface area (Å²) in [5, 5.41) is 8.47. The predicted octanol–water partition coefficient (Wildman–Crippen LogP) is 1.91. The number of hydrogen-bond donors (Lipinski definition) is 0. The highest BCUT2D eigenvalue weighted by Crippen LogP contribution is 2.34. The molecule has 0 N–H and O–H groups in total. The van der Waals surface area contributed by atoms with Crippen LogP contribution >= 0.6 is 15.9 Å². The third-order valence-electron chi connectivity index (χ3n) is 4.48. The second-order valence-corrected chi connectivity index (χ2v) is 6.98. The van der Waals surface area contributed by atoms with Gasteiger partial charge in [-0.2, -0.15) is 5.10 Å². The maximum Gasteiger partial charge on any atom is 0.225 e. The Balaban J connectivity index is 1.44. The van der Waals surface area contributed by atoms with Gasteiger partial charge >= 0.3 is 0 Å². The molecule has 0 saturated carbocycles. The van der Waals surface area contributed by atoms with Gasteiger partial charge in [0.2, 0.25) is 5.95 Å². The van der Waals surface area contributed by atoms with E-state index in [9.17, 15) is 0 Å². The molecule has 0 aromatic carbocycles. The maximum atomic E-state index is 4.41. The molecule has 7 heteroatoms. The number of hydrogen-bond acceptors (Lipinski definition) is 6. The van der Waals surface area contributed by atoms with Crippen molar-refractivity contribution in [3.05, 3.63) is 34.7 Å². The zero-order chi connectivity index (χ0) is 15.1. The van der Waals surface area contributed by atoms with Gasteiger partial charge < -0.3 is 9.80 Å². The average molecular weight is 361 g/mol. The highest BCUT2D eigenvalue weighted by Gasteiger charge is 2.41. The first-order valence-electron chi connectivity index (χ1n) is 7.47. The van der Waals surface area contributed by atoms with E-state index in [2.05, 4.69) is 52.0 Å². The minimum absolute atomic E-state index is 0.648. The molecule has 2 fully saturated rings. The molecule has 2 aliphatic rings. The summed E-state index contributed by atoms with van der Waals surface area (Å²) in [6, 6.07) is 4.09. The minimum Gasteiger partial charge on any atom is -0.354 e. The van der Waals surface area contributed by atoms with E-state index in [0.717, 1.165) is 48.1 Å². The summed E-state index contributed by atoms with van der Waals surface area (Å²) in [6.45, 7) is 6.07. The van der Waals surface area contributed by atoms with E-state index >= 15 is 0 Å². The van der Waals surface area contributed by atoms with Crippen LogP contribution in [-0.4, -0.2) is 46.3 Å². The third kappa shape index (κ3) is 2.54. The van der Waals surface area contributed by atoms with E-state index in [4.69, 9.17) is 0 Å². The molecule has 0 amide bonds. The third-order valence-corrected chi connectivity index (χ3v) is 4.89. The Morgan fingerprint density at radius 3 is 2.18 bits per heavy atom. The summed E-state index contributed by atoms with van der Waals surface area (Å²) in [6.07, 6.45) is 3.62. The Bertz CT molecular complexity index is 587. The van der Waals surface area contributed by atoms with Crippen LogP contribution in [0.25, 0.3) is 0 Å². The summed E-state index contributed by atoms with van der Waals surface area (Å²) in [5.74, 6) is 3.12. The predicted molar refractivity (Wildman–Crippen MR) is 87.9 cm³/mol. The fourth-order valence-corrected chi connectivity index (χ4v) is 3.58. The van der Waals surface area contributed by atoms with E-state index < -0.39 is 0 Å². The highest BCUT2D eigenvalue weighted by atomic mass is 79.9. The fourth-order valence-electron chi connectivity index (χ4n) is 3.37. The van der Waals surface area contributed by atoms with Crippen LogP contribution in [0, 0.1) is 18.8 Å². The fraction of sp³-hybridized carbons (Fsp3) is 0.467. The number of fused-ring (bicyclic) bond motifs is 1. The quantitative estimate of drug-likeness (QED) is 0.815. The SMILES string of the molecule is Cc1ccc(N2CC3CN(c4ncc(Br)cn4)CC3C2)nn1. The smallest absolute Gasteiger partial charge is 0.225 e. The van der Waals surface area contributed by atoms with Gasteiger partial charge in [-0.1, -0.05) is 0 Å². The molecule has 0 bridgehead atoms. The summed E-state index contributed by atoms with van der Waals surface area (Å²) < 4.78 is 0.916. The van der Waals surface area contributed by atoms with E-state index in [1.807, 2.05) is 25.4 Å². The lowest BCUT2D eigenvalue weighted by molar-refractivity contribution is 0.533. The monoisotopic (exact) mass is 360 g/mol. The Kier molecular flexibility index (Phi) is 3.44. The van der Waals surface area contributed by atoms with Crippen molar-refractivity contribution < 1.29 is 0 Å². The van der Waals surface area contributed by atoms with Crippen LogP contribution in [0.4, 0.5) is 11.8 Å². The maximum absolute atomic E-state index is 4.41. The number of anilines is 2. The molecule has 2 unspecified atom stereocenters. The molecule has 114 valence electrons. The van der Waals surface area contributed by atoms with Crippen molar-refractivity contribution in [3.8, 4) is 0 Å². The van der Waals surface area contributed by atoms with Crippen molar-refractivity contribution >= 4 is 27.7 Å². The largest absolute Gasteiger partial charge is 0.354 e. The molecule has 6 nitrogen and oxygen atoms in total. The van der Waals surface area contributed by atoms with E-state index in [0.29, 0.717) is 11.8 Å². The Hall–Kier alpha value is -1.76. The number of halogens is 1. The summed E-state index contributed by atoms with van der Waals surface area (Å²) in [4.78, 5) is 13.5. The van der Waals surface area contributed by atoms with Crippen LogP contribution in [0.15, 0.2) is 29.0 Å². The molecular weight excluding hydrogens is 344 g/mol. The molecule has 2 aromatic heterocycles. The van der Waals surface area contributed by atoms with Crippen LogP contribution in [0.1, 0.15) is 5.69 Å². The number of aryl methyl sites for hydroxylation is 1. The highest BCUT2D eigenvalue weighted by molar-refractivity contribution is 9.10. The van der Waals surface area contributed by atoms with Crippen molar-refractivity contribution in [2.45, 2.75) is 6.92 Å². The van der Waals surface area contributed by atoms with Gasteiger partial charge in [0, 0.05) is 50.4 Å². The van der Waals surface area contributed by atoms with Gasteiger partial charge in [-0.15, -0.1) is 5.10 Å². The summed E-state index contributed by atoms with van der Waals surface area (Å²) in [5.41, 5.74) is 0.960. The van der Waals surface area contributed by atoms with Crippen molar-refractivity contribution in [2.75, 3.05) is 36.0 Å². The number of nitrogens with zero attached hydrogens (tertiary/aromatic N) is 6. The molecule has 22 heavy (non-hydrogen) atoms. The Morgan fingerprint density at radius 1 is 0.955 bits per heavy atom. The average Bonchev–Trinajstić information content (AvgIpc) is 3.07. The standard InChI is InChI=1S/C15H17BrN6/c1-10-2-3-14(20-19-10)21-6-11-8-22(9-12(11)7-21)15-17-4-13(16)5-18-15/h2-5,11-12H,6-9H2,1H3. The lowest BCUT2D eigenvalue weighted by atomic mass is 10.0. The van der Waals surface area contributed by atoms with Crippen molar-refractivity contribution in [1.29, 1.82) is 0 Å². The van der Waals surface area contributed by atoms with Gasteiger partial charge in [0.05, 0.1) is 10.2 Å². The van der Waals surface area contributed by atoms with Crippen LogP contribution in [0.2, 0.25) is 0 Å². The van der Waals surface area contributed by atoms with Crippen molar-refractivity contribution in [1.82, 2.24) is 20.2 Å². The molecule has 2 aromatic rings. The van der Waals surface area contributed by atoms with E-state index in [1.54, 1.807) is 0 Å². The second kappa shape index (κ2) is 5.46. The van der Waals surface area contributed by atoms with E-state index in [-0.39, 0.29) is 0 Å². The summed E-state index contributed by atoms with van der Waals surface area (Å²) >= 11 is 3.38. The molecule has 2 aliphatic heterocycles. The molecule has 0 radical (unpaired) electrons. The van der Waals surface area contributed by atoms with Crippen LogP contribution in [0.3, 0.4) is 0 Å². The topological polar surface area (TPSA) is 58.0 Å². The zero-order valence-electron chi connectivity index (χ0n) is 12.4. The van der Waals surface area contributed by atoms with E-state index in [1.165, 1.54) is 0 Å². The van der Waals surface area contributed by atoms with Gasteiger partial charge in [0.1, 0.15) is 0 Å². The van der Waals surface area contributed by atoms with Crippen LogP contribution in [0.5, 0.6) is 0 Å². The lowest BCUT2D eigenvalue weighted by Crippen LogP contribution is -2.30. The van der Waals surface area contributed by atoms with Gasteiger partial charge in [-0.05, 0) is 35.0 Å². The van der Waals surface area contributed by atoms with Gasteiger partial charge in [0.25, 0.3) is 0 Å². The van der Waals surface area contributed by atoms with Crippen LogP contribution in [-0.2, 0) is 0 Å². The number of rotatable bonds is 2. The van der Waals surface area contributed by atoms with Crippen molar-refractivity contribution in [3.63, 3.8) is 0 Å². The van der Waals surface area contributed by atoms with Crippen LogP contribution < -0.4 is 9.80 Å². The van der Waals surface area contributed by atoms with Gasteiger partial charge in [-0.25, -0.2) is 9.97 Å². The molecule has 4 rings (SSSR count). The lowest BCUT2D eigenvalue weighted by Gasteiger charge is -2.22. The molecule has 0 spiro atoms. The number of aromatic nitrogens is 4. The molecular formula is C15H17BrN6. The normalized spacial score (nSPS) is 23.9. The molecule has 0 aliphatic carbocycles. The zero-order valence-corrected chi connectivity index (χ0v) is 13.9. The first-order chi connectivity index (χ1) is 10.7. The Labute approximate surface area is 137 Å². The van der Waals surface area contributed by atoms with Crippen molar-refractivity contribution in [2.24, 2.45) is 11.8 Å². The van der Waals surface area contributed by atoms with Gasteiger partial charge in [0.15, 0.2) is 5.82 Å². The first kappa shape index (κ1) is 13.9. The Morgan fingerprint density at radius 2 is 1.59 bits per heavy atom. The first-order valence-corrected chi connectivity index (χ1v) is 8.26. The molecule has 2 saturated heterocycles. The second-order valence-electron chi connectivity index (χ2n) is 6.06. The molecule has 2 atom stereocenters. The van der Waals surface area contributed by atoms with Gasteiger partial charge in [-0.3, -0.25) is 0 Å². The molecule has 4 heterocycles. The summed E-state index contributed by atoms with van der Waals surface area (Å²) in [7, 11) is 0.